The summed E-state index contributed by atoms with van der Waals surface area (Å²) in [6, 6.07) is 31.5. The second-order valence-electron chi connectivity index (χ2n) is 9.04. The van der Waals surface area contributed by atoms with Gasteiger partial charge in [0.15, 0.2) is 0 Å². The predicted molar refractivity (Wildman–Crippen MR) is 139 cm³/mol. The van der Waals surface area contributed by atoms with Crippen molar-refractivity contribution in [3.8, 4) is 0 Å². The highest BCUT2D eigenvalue weighted by Gasteiger charge is 2.39. The smallest absolute Gasteiger partial charge is 0.416 e. The van der Waals surface area contributed by atoms with Crippen molar-refractivity contribution in [1.29, 1.82) is 0 Å². The number of aliphatic carboxylic acids is 1. The SMILES string of the molecule is O=C(CC(c1ccccc1)(c1ccccc1)c1ccccc1)N[C@@H](Cc1ccc(C(F)(F)F)cc1)C(=O)O. The molecule has 0 bridgehead atoms. The molecule has 0 aliphatic carbocycles. The number of halogens is 3. The van der Waals surface area contributed by atoms with Crippen LogP contribution in [0.4, 0.5) is 13.2 Å². The number of carbonyl (C=O) groups excluding carboxylic acids is 1. The van der Waals surface area contributed by atoms with Crippen molar-refractivity contribution >= 4 is 11.9 Å². The molecule has 0 saturated carbocycles. The molecule has 38 heavy (non-hydrogen) atoms. The van der Waals surface area contributed by atoms with E-state index in [-0.39, 0.29) is 12.8 Å². The van der Waals surface area contributed by atoms with Gasteiger partial charge in [0.1, 0.15) is 6.04 Å². The Morgan fingerprint density at radius 1 is 0.658 bits per heavy atom. The van der Waals surface area contributed by atoms with Crippen molar-refractivity contribution in [1.82, 2.24) is 5.32 Å². The lowest BCUT2D eigenvalue weighted by Gasteiger charge is -2.36. The summed E-state index contributed by atoms with van der Waals surface area (Å²) in [5, 5.41) is 12.4. The van der Waals surface area contributed by atoms with Gasteiger partial charge in [-0.1, -0.05) is 103 Å². The zero-order valence-electron chi connectivity index (χ0n) is 20.4. The summed E-state index contributed by atoms with van der Waals surface area (Å²) >= 11 is 0. The van der Waals surface area contributed by atoms with Crippen molar-refractivity contribution in [2.45, 2.75) is 30.5 Å². The summed E-state index contributed by atoms with van der Waals surface area (Å²) in [7, 11) is 0. The van der Waals surface area contributed by atoms with Crippen LogP contribution >= 0.6 is 0 Å². The minimum Gasteiger partial charge on any atom is -0.480 e. The Morgan fingerprint density at radius 2 is 1.08 bits per heavy atom. The number of carboxylic acids is 1. The van der Waals surface area contributed by atoms with Crippen LogP contribution in [-0.4, -0.2) is 23.0 Å². The van der Waals surface area contributed by atoms with Crippen LogP contribution in [0.5, 0.6) is 0 Å². The van der Waals surface area contributed by atoms with Crippen molar-refractivity contribution in [2.24, 2.45) is 0 Å². The van der Waals surface area contributed by atoms with Gasteiger partial charge < -0.3 is 10.4 Å². The fourth-order valence-corrected chi connectivity index (χ4v) is 4.73. The van der Waals surface area contributed by atoms with Crippen LogP contribution in [0.2, 0.25) is 0 Å². The van der Waals surface area contributed by atoms with Gasteiger partial charge >= 0.3 is 12.1 Å². The van der Waals surface area contributed by atoms with Crippen LogP contribution in [0.25, 0.3) is 0 Å². The Labute approximate surface area is 218 Å². The monoisotopic (exact) mass is 517 g/mol. The molecule has 194 valence electrons. The maximum Gasteiger partial charge on any atom is 0.416 e. The summed E-state index contributed by atoms with van der Waals surface area (Å²) in [4.78, 5) is 25.6. The zero-order valence-corrected chi connectivity index (χ0v) is 20.4. The van der Waals surface area contributed by atoms with Crippen molar-refractivity contribution in [3.63, 3.8) is 0 Å². The quantitative estimate of drug-likeness (QED) is 0.258. The average molecular weight is 518 g/mol. The maximum atomic E-state index is 13.5. The van der Waals surface area contributed by atoms with E-state index in [0.29, 0.717) is 5.56 Å². The number of amides is 1. The third-order valence-electron chi connectivity index (χ3n) is 6.58. The molecule has 0 fully saturated rings. The lowest BCUT2D eigenvalue weighted by atomic mass is 9.67. The van der Waals surface area contributed by atoms with Gasteiger partial charge in [0.05, 0.1) is 11.0 Å². The molecule has 0 unspecified atom stereocenters. The van der Waals surface area contributed by atoms with Gasteiger partial charge in [0.25, 0.3) is 0 Å². The molecular formula is C31H26F3NO3. The first-order valence-electron chi connectivity index (χ1n) is 12.0. The van der Waals surface area contributed by atoms with Crippen LogP contribution in [-0.2, 0) is 27.6 Å². The number of hydrogen-bond acceptors (Lipinski definition) is 2. The maximum absolute atomic E-state index is 13.5. The molecular weight excluding hydrogens is 491 g/mol. The summed E-state index contributed by atoms with van der Waals surface area (Å²) in [6.45, 7) is 0. The molecule has 1 amide bonds. The van der Waals surface area contributed by atoms with Gasteiger partial charge in [-0.2, -0.15) is 13.2 Å². The highest BCUT2D eigenvalue weighted by molar-refractivity contribution is 5.85. The highest BCUT2D eigenvalue weighted by atomic mass is 19.4. The van der Waals surface area contributed by atoms with Crippen LogP contribution in [0, 0.1) is 0 Å². The zero-order chi connectivity index (χ0) is 27.2. The number of alkyl halides is 3. The standard InChI is InChI=1S/C31H26F3NO3/c32-31(33,34)26-18-16-22(17-19-26)20-27(29(37)38)35-28(36)21-30(23-10-4-1-5-11-23,24-12-6-2-7-13-24)25-14-8-3-9-15-25/h1-19,27H,20-21H2,(H,35,36)(H,37,38)/t27-/m0/s1. The minimum atomic E-state index is -4.49. The first-order valence-corrected chi connectivity index (χ1v) is 12.0. The third kappa shape index (κ3) is 5.94. The number of carbonyl (C=O) groups is 2. The van der Waals surface area contributed by atoms with E-state index in [1.807, 2.05) is 91.0 Å². The van der Waals surface area contributed by atoms with E-state index in [1.165, 1.54) is 12.1 Å². The molecule has 7 heteroatoms. The van der Waals surface area contributed by atoms with Gasteiger partial charge in [-0.25, -0.2) is 4.79 Å². The van der Waals surface area contributed by atoms with Crippen molar-refractivity contribution in [3.05, 3.63) is 143 Å². The highest BCUT2D eigenvalue weighted by Crippen LogP contribution is 2.42. The van der Waals surface area contributed by atoms with E-state index in [2.05, 4.69) is 5.32 Å². The van der Waals surface area contributed by atoms with E-state index in [1.54, 1.807) is 0 Å². The topological polar surface area (TPSA) is 66.4 Å². The summed E-state index contributed by atoms with van der Waals surface area (Å²) in [6.07, 6.45) is -4.73. The van der Waals surface area contributed by atoms with Gasteiger partial charge in [0.2, 0.25) is 5.91 Å². The van der Waals surface area contributed by atoms with E-state index in [4.69, 9.17) is 0 Å². The molecule has 2 N–H and O–H groups in total. The number of nitrogens with one attached hydrogen (secondary N) is 1. The number of rotatable bonds is 9. The predicted octanol–water partition coefficient (Wildman–Crippen LogP) is 6.24. The summed E-state index contributed by atoms with van der Waals surface area (Å²) in [5.41, 5.74) is 1.22. The molecule has 0 aliphatic rings. The lowest BCUT2D eigenvalue weighted by molar-refractivity contribution is -0.142. The van der Waals surface area contributed by atoms with Crippen LogP contribution < -0.4 is 5.32 Å². The molecule has 0 aliphatic heterocycles. The Morgan fingerprint density at radius 3 is 1.45 bits per heavy atom. The fourth-order valence-electron chi connectivity index (χ4n) is 4.73. The molecule has 0 radical (unpaired) electrons. The van der Waals surface area contributed by atoms with Crippen molar-refractivity contribution < 1.29 is 27.9 Å². The molecule has 0 spiro atoms. The second kappa shape index (κ2) is 11.3. The average Bonchev–Trinajstić information content (AvgIpc) is 2.92. The molecule has 0 heterocycles. The van der Waals surface area contributed by atoms with Gasteiger partial charge in [-0.15, -0.1) is 0 Å². The minimum absolute atomic E-state index is 0.0815. The molecule has 4 rings (SSSR count). The van der Waals surface area contributed by atoms with Crippen LogP contribution in [0.1, 0.15) is 34.2 Å². The number of benzene rings is 4. The van der Waals surface area contributed by atoms with E-state index in [9.17, 15) is 27.9 Å². The molecule has 4 nitrogen and oxygen atoms in total. The number of carboxylic acid groups (broad SMARTS) is 1. The van der Waals surface area contributed by atoms with E-state index >= 15 is 0 Å². The molecule has 4 aromatic carbocycles. The third-order valence-corrected chi connectivity index (χ3v) is 6.58. The first kappa shape index (κ1) is 26.7. The normalized spacial score (nSPS) is 12.5. The van der Waals surface area contributed by atoms with Crippen LogP contribution in [0.15, 0.2) is 115 Å². The summed E-state index contributed by atoms with van der Waals surface area (Å²) < 4.78 is 38.7. The molecule has 0 saturated heterocycles. The molecule has 1 atom stereocenters. The summed E-state index contributed by atoms with van der Waals surface area (Å²) in [5.74, 6) is -1.77. The largest absolute Gasteiger partial charge is 0.480 e. The fraction of sp³-hybridized carbons (Fsp3) is 0.161. The Bertz CT molecular complexity index is 1260. The molecule has 4 aromatic rings. The lowest BCUT2D eigenvalue weighted by Crippen LogP contribution is -2.45. The first-order chi connectivity index (χ1) is 18.2. The Kier molecular flexibility index (Phi) is 7.96. The van der Waals surface area contributed by atoms with Gasteiger partial charge in [0, 0.05) is 12.8 Å². The Balaban J connectivity index is 1.67. The molecule has 0 aromatic heterocycles. The number of hydrogen-bond donors (Lipinski definition) is 2. The Hall–Kier alpha value is -4.39. The van der Waals surface area contributed by atoms with E-state index < -0.39 is 35.1 Å². The van der Waals surface area contributed by atoms with Crippen molar-refractivity contribution in [2.75, 3.05) is 0 Å². The van der Waals surface area contributed by atoms with Gasteiger partial charge in [-0.05, 0) is 34.4 Å². The van der Waals surface area contributed by atoms with Crippen LogP contribution in [0.3, 0.4) is 0 Å². The van der Waals surface area contributed by atoms with E-state index in [0.717, 1.165) is 28.8 Å². The second-order valence-corrected chi connectivity index (χ2v) is 9.04. The van der Waals surface area contributed by atoms with Gasteiger partial charge in [-0.3, -0.25) is 4.79 Å².